The number of anilines is 1. The standard InChI is InChI=1S/C11H16N2O/c1-2-11(8-14-9-11)7-13-10-5-3-4-6-12-10/h3-6H,2,7-9H2,1H3,(H,12,13). The summed E-state index contributed by atoms with van der Waals surface area (Å²) in [6.45, 7) is 4.93. The number of nitrogens with zero attached hydrogens (tertiary/aromatic N) is 1. The van der Waals surface area contributed by atoms with Crippen molar-refractivity contribution in [1.82, 2.24) is 4.98 Å². The van der Waals surface area contributed by atoms with Crippen LogP contribution in [0.1, 0.15) is 13.3 Å². The Hall–Kier alpha value is -1.09. The van der Waals surface area contributed by atoms with Gasteiger partial charge in [-0.1, -0.05) is 13.0 Å². The van der Waals surface area contributed by atoms with Crippen LogP contribution in [0.3, 0.4) is 0 Å². The van der Waals surface area contributed by atoms with Crippen LogP contribution in [0.5, 0.6) is 0 Å². The lowest BCUT2D eigenvalue weighted by atomic mass is 9.83. The van der Waals surface area contributed by atoms with Crippen LogP contribution >= 0.6 is 0 Å². The van der Waals surface area contributed by atoms with E-state index in [1.165, 1.54) is 0 Å². The molecule has 0 radical (unpaired) electrons. The molecule has 3 nitrogen and oxygen atoms in total. The summed E-state index contributed by atoms with van der Waals surface area (Å²) in [5.74, 6) is 0.951. The molecule has 2 heterocycles. The average Bonchev–Trinajstić information content (AvgIpc) is 2.19. The van der Waals surface area contributed by atoms with Crippen LogP contribution in [-0.2, 0) is 4.74 Å². The Morgan fingerprint density at radius 1 is 1.50 bits per heavy atom. The highest BCUT2D eigenvalue weighted by atomic mass is 16.5. The fraction of sp³-hybridized carbons (Fsp3) is 0.545. The van der Waals surface area contributed by atoms with E-state index in [4.69, 9.17) is 4.74 Å². The zero-order chi connectivity index (χ0) is 9.86. The molecule has 0 aromatic carbocycles. The third-order valence-corrected chi connectivity index (χ3v) is 2.88. The normalized spacial score (nSPS) is 18.6. The van der Waals surface area contributed by atoms with Gasteiger partial charge in [-0.2, -0.15) is 0 Å². The summed E-state index contributed by atoms with van der Waals surface area (Å²) in [4.78, 5) is 4.22. The number of aromatic nitrogens is 1. The fourth-order valence-electron chi connectivity index (χ4n) is 1.57. The molecule has 1 aliphatic heterocycles. The van der Waals surface area contributed by atoms with Gasteiger partial charge in [0.05, 0.1) is 13.2 Å². The number of hydrogen-bond acceptors (Lipinski definition) is 3. The first-order valence-corrected chi connectivity index (χ1v) is 5.07. The van der Waals surface area contributed by atoms with Crippen LogP contribution in [0.15, 0.2) is 24.4 Å². The van der Waals surface area contributed by atoms with Crippen LogP contribution in [0, 0.1) is 5.41 Å². The molecule has 3 heteroatoms. The molecule has 0 aliphatic carbocycles. The topological polar surface area (TPSA) is 34.2 Å². The second-order valence-corrected chi connectivity index (χ2v) is 3.91. The van der Waals surface area contributed by atoms with Crippen molar-refractivity contribution < 1.29 is 4.74 Å². The number of pyridine rings is 1. The first-order chi connectivity index (χ1) is 6.85. The Balaban J connectivity index is 1.88. The molecule has 1 saturated heterocycles. The monoisotopic (exact) mass is 192 g/mol. The molecule has 14 heavy (non-hydrogen) atoms. The maximum absolute atomic E-state index is 5.26. The van der Waals surface area contributed by atoms with Gasteiger partial charge in [-0.15, -0.1) is 0 Å². The minimum absolute atomic E-state index is 0.345. The van der Waals surface area contributed by atoms with Crippen molar-refractivity contribution in [2.45, 2.75) is 13.3 Å². The Labute approximate surface area is 84.5 Å². The van der Waals surface area contributed by atoms with Crippen molar-refractivity contribution in [1.29, 1.82) is 0 Å². The van der Waals surface area contributed by atoms with E-state index in [0.717, 1.165) is 32.0 Å². The summed E-state index contributed by atoms with van der Waals surface area (Å²) in [5.41, 5.74) is 0.345. The van der Waals surface area contributed by atoms with E-state index in [1.54, 1.807) is 6.20 Å². The van der Waals surface area contributed by atoms with Crippen LogP contribution in [-0.4, -0.2) is 24.7 Å². The molecule has 2 rings (SSSR count). The molecular formula is C11H16N2O. The third kappa shape index (κ3) is 1.87. The molecule has 1 N–H and O–H groups in total. The quantitative estimate of drug-likeness (QED) is 0.791. The largest absolute Gasteiger partial charge is 0.380 e. The van der Waals surface area contributed by atoms with Crippen LogP contribution in [0.25, 0.3) is 0 Å². The first-order valence-electron chi connectivity index (χ1n) is 5.07. The van der Waals surface area contributed by atoms with E-state index in [0.29, 0.717) is 5.41 Å². The highest BCUT2D eigenvalue weighted by molar-refractivity contribution is 5.33. The lowest BCUT2D eigenvalue weighted by Gasteiger charge is -2.40. The molecule has 0 unspecified atom stereocenters. The second kappa shape index (κ2) is 3.96. The van der Waals surface area contributed by atoms with Gasteiger partial charge in [0.1, 0.15) is 5.82 Å². The SMILES string of the molecule is CCC1(CNc2ccccn2)COC1. The molecule has 1 aliphatic rings. The van der Waals surface area contributed by atoms with E-state index in [9.17, 15) is 0 Å². The molecular weight excluding hydrogens is 176 g/mol. The second-order valence-electron chi connectivity index (χ2n) is 3.91. The predicted octanol–water partition coefficient (Wildman–Crippen LogP) is 1.92. The Morgan fingerprint density at radius 2 is 2.36 bits per heavy atom. The van der Waals surface area contributed by atoms with Crippen LogP contribution in [0.4, 0.5) is 5.82 Å². The van der Waals surface area contributed by atoms with Gasteiger partial charge in [0.2, 0.25) is 0 Å². The first kappa shape index (κ1) is 9.46. The summed E-state index contributed by atoms with van der Waals surface area (Å²) in [6.07, 6.45) is 2.96. The molecule has 1 fully saturated rings. The molecule has 0 amide bonds. The van der Waals surface area contributed by atoms with Crippen LogP contribution in [0.2, 0.25) is 0 Å². The Bertz CT molecular complexity index is 277. The summed E-state index contributed by atoms with van der Waals surface area (Å²) in [7, 11) is 0. The summed E-state index contributed by atoms with van der Waals surface area (Å²) in [6, 6.07) is 5.90. The Kier molecular flexibility index (Phi) is 2.68. The van der Waals surface area contributed by atoms with Gasteiger partial charge in [0.15, 0.2) is 0 Å². The maximum atomic E-state index is 5.26. The van der Waals surface area contributed by atoms with E-state index in [2.05, 4.69) is 17.2 Å². The molecule has 0 bridgehead atoms. The smallest absolute Gasteiger partial charge is 0.125 e. The van der Waals surface area contributed by atoms with Gasteiger partial charge in [-0.25, -0.2) is 4.98 Å². The molecule has 1 aromatic heterocycles. The highest BCUT2D eigenvalue weighted by Crippen LogP contribution is 2.31. The van der Waals surface area contributed by atoms with E-state index >= 15 is 0 Å². The lowest BCUT2D eigenvalue weighted by Crippen LogP contribution is -2.47. The Morgan fingerprint density at radius 3 is 2.86 bits per heavy atom. The fourth-order valence-corrected chi connectivity index (χ4v) is 1.57. The molecule has 0 atom stereocenters. The van der Waals surface area contributed by atoms with E-state index in [1.807, 2.05) is 18.2 Å². The molecule has 76 valence electrons. The van der Waals surface area contributed by atoms with Gasteiger partial charge >= 0.3 is 0 Å². The highest BCUT2D eigenvalue weighted by Gasteiger charge is 2.36. The number of ether oxygens (including phenoxy) is 1. The van der Waals surface area contributed by atoms with E-state index in [-0.39, 0.29) is 0 Å². The van der Waals surface area contributed by atoms with E-state index < -0.39 is 0 Å². The predicted molar refractivity (Wildman–Crippen MR) is 56.3 cm³/mol. The molecule has 1 aromatic rings. The summed E-state index contributed by atoms with van der Waals surface area (Å²) >= 11 is 0. The van der Waals surface area contributed by atoms with Crippen molar-refractivity contribution in [2.75, 3.05) is 25.1 Å². The number of hydrogen-bond donors (Lipinski definition) is 1. The van der Waals surface area contributed by atoms with Gasteiger partial charge in [0, 0.05) is 18.2 Å². The van der Waals surface area contributed by atoms with Crippen molar-refractivity contribution in [2.24, 2.45) is 5.41 Å². The van der Waals surface area contributed by atoms with Gasteiger partial charge in [-0.3, -0.25) is 0 Å². The maximum Gasteiger partial charge on any atom is 0.125 e. The van der Waals surface area contributed by atoms with Crippen LogP contribution < -0.4 is 5.32 Å². The van der Waals surface area contributed by atoms with Crippen molar-refractivity contribution in [3.63, 3.8) is 0 Å². The summed E-state index contributed by atoms with van der Waals surface area (Å²) in [5, 5.41) is 3.35. The van der Waals surface area contributed by atoms with Gasteiger partial charge in [-0.05, 0) is 18.6 Å². The van der Waals surface area contributed by atoms with Crippen molar-refractivity contribution >= 4 is 5.82 Å². The van der Waals surface area contributed by atoms with Gasteiger partial charge < -0.3 is 10.1 Å². The van der Waals surface area contributed by atoms with Crippen molar-refractivity contribution in [3.8, 4) is 0 Å². The lowest BCUT2D eigenvalue weighted by molar-refractivity contribution is -0.106. The minimum atomic E-state index is 0.345. The summed E-state index contributed by atoms with van der Waals surface area (Å²) < 4.78 is 5.26. The average molecular weight is 192 g/mol. The minimum Gasteiger partial charge on any atom is -0.380 e. The van der Waals surface area contributed by atoms with Crippen molar-refractivity contribution in [3.05, 3.63) is 24.4 Å². The molecule has 0 saturated carbocycles. The number of nitrogens with one attached hydrogen (secondary N) is 1. The third-order valence-electron chi connectivity index (χ3n) is 2.88. The number of rotatable bonds is 4. The molecule has 0 spiro atoms. The zero-order valence-corrected chi connectivity index (χ0v) is 8.49. The zero-order valence-electron chi connectivity index (χ0n) is 8.49. The van der Waals surface area contributed by atoms with Gasteiger partial charge in [0.25, 0.3) is 0 Å².